The van der Waals surface area contributed by atoms with E-state index in [9.17, 15) is 4.79 Å². The molecule has 1 rings (SSSR count). The molecule has 1 aliphatic heterocycles. The normalized spacial score (nSPS) is 27.8. The van der Waals surface area contributed by atoms with Crippen molar-refractivity contribution in [2.45, 2.75) is 32.2 Å². The van der Waals surface area contributed by atoms with Gasteiger partial charge in [0.2, 0.25) is 5.91 Å². The van der Waals surface area contributed by atoms with Gasteiger partial charge in [-0.3, -0.25) is 4.79 Å². The number of hydrogen-bond donors (Lipinski definition) is 1. The van der Waals surface area contributed by atoms with Gasteiger partial charge in [-0.25, -0.2) is 0 Å². The molecule has 0 bridgehead atoms. The maximum Gasteiger partial charge on any atom is 0.222 e. The molecule has 1 aliphatic rings. The molecule has 0 aromatic heterocycles. The van der Waals surface area contributed by atoms with Crippen LogP contribution in [0.2, 0.25) is 0 Å². The van der Waals surface area contributed by atoms with Gasteiger partial charge in [0, 0.05) is 31.4 Å². The Balaban J connectivity index is 2.34. The third-order valence-corrected chi connectivity index (χ3v) is 3.16. The highest BCUT2D eigenvalue weighted by Crippen LogP contribution is 2.16. The molecule has 0 radical (unpaired) electrons. The number of hydrogen-bond acceptors (Lipinski definition) is 2. The highest BCUT2D eigenvalue weighted by molar-refractivity contribution is 6.17. The Kier molecular flexibility index (Phi) is 4.69. The zero-order chi connectivity index (χ0) is 10.6. The number of amides is 1. The molecular weight excluding hydrogens is 200 g/mol. The van der Waals surface area contributed by atoms with E-state index in [-0.39, 0.29) is 11.9 Å². The van der Waals surface area contributed by atoms with Crippen LogP contribution in [-0.4, -0.2) is 35.8 Å². The Morgan fingerprint density at radius 2 is 2.36 bits per heavy atom. The van der Waals surface area contributed by atoms with Crippen molar-refractivity contribution in [3.63, 3.8) is 0 Å². The summed E-state index contributed by atoms with van der Waals surface area (Å²) < 4.78 is 0. The summed E-state index contributed by atoms with van der Waals surface area (Å²) in [7, 11) is 0. The van der Waals surface area contributed by atoms with Crippen molar-refractivity contribution >= 4 is 17.5 Å². The molecule has 0 aromatic carbocycles. The molecule has 2 unspecified atom stereocenters. The van der Waals surface area contributed by atoms with Crippen LogP contribution in [0, 0.1) is 5.92 Å². The number of halogens is 1. The van der Waals surface area contributed by atoms with Gasteiger partial charge in [-0.05, 0) is 18.8 Å². The summed E-state index contributed by atoms with van der Waals surface area (Å²) in [5.74, 6) is 1.29. The molecule has 0 saturated carbocycles. The first-order valence-corrected chi connectivity index (χ1v) is 5.78. The summed E-state index contributed by atoms with van der Waals surface area (Å²) in [6.45, 7) is 3.71. The molecule has 0 aliphatic carbocycles. The fourth-order valence-corrected chi connectivity index (χ4v) is 1.84. The van der Waals surface area contributed by atoms with Crippen LogP contribution in [0.3, 0.4) is 0 Å². The van der Waals surface area contributed by atoms with Gasteiger partial charge in [-0.15, -0.1) is 11.6 Å². The number of nitrogens with two attached hydrogens (primary N) is 1. The fourth-order valence-electron chi connectivity index (χ4n) is 1.70. The van der Waals surface area contributed by atoms with E-state index in [1.165, 1.54) is 0 Å². The molecule has 2 N–H and O–H groups in total. The minimum atomic E-state index is 0.142. The topological polar surface area (TPSA) is 46.3 Å². The Morgan fingerprint density at radius 3 is 2.93 bits per heavy atom. The van der Waals surface area contributed by atoms with Gasteiger partial charge in [0.05, 0.1) is 0 Å². The average molecular weight is 219 g/mol. The van der Waals surface area contributed by atoms with Crippen molar-refractivity contribution in [2.75, 3.05) is 19.0 Å². The first kappa shape index (κ1) is 11.8. The lowest BCUT2D eigenvalue weighted by atomic mass is 9.94. The lowest BCUT2D eigenvalue weighted by Crippen LogP contribution is -2.49. The molecule has 82 valence electrons. The minimum Gasteiger partial charge on any atom is -0.341 e. The molecule has 4 heteroatoms. The van der Waals surface area contributed by atoms with Crippen molar-refractivity contribution in [1.82, 2.24) is 4.90 Å². The number of alkyl halides is 1. The third kappa shape index (κ3) is 3.14. The molecule has 1 fully saturated rings. The van der Waals surface area contributed by atoms with Gasteiger partial charge in [0.25, 0.3) is 0 Å². The van der Waals surface area contributed by atoms with Gasteiger partial charge in [-0.2, -0.15) is 0 Å². The Morgan fingerprint density at radius 1 is 1.64 bits per heavy atom. The SMILES string of the molecule is CC1CCN(C(=O)CCCCl)CC1N. The van der Waals surface area contributed by atoms with Crippen LogP contribution >= 0.6 is 11.6 Å². The van der Waals surface area contributed by atoms with Crippen molar-refractivity contribution in [3.05, 3.63) is 0 Å². The van der Waals surface area contributed by atoms with Gasteiger partial charge in [0.1, 0.15) is 0 Å². The number of carbonyl (C=O) groups excluding carboxylic acids is 1. The molecule has 0 aromatic rings. The number of likely N-dealkylation sites (tertiary alicyclic amines) is 1. The van der Waals surface area contributed by atoms with E-state index in [0.29, 0.717) is 24.8 Å². The van der Waals surface area contributed by atoms with Crippen molar-refractivity contribution in [3.8, 4) is 0 Å². The highest BCUT2D eigenvalue weighted by atomic mass is 35.5. The molecule has 14 heavy (non-hydrogen) atoms. The van der Waals surface area contributed by atoms with Crippen molar-refractivity contribution in [1.29, 1.82) is 0 Å². The van der Waals surface area contributed by atoms with Crippen LogP contribution in [0.25, 0.3) is 0 Å². The summed E-state index contributed by atoms with van der Waals surface area (Å²) in [5.41, 5.74) is 5.92. The van der Waals surface area contributed by atoms with E-state index in [4.69, 9.17) is 17.3 Å². The summed E-state index contributed by atoms with van der Waals surface area (Å²) in [4.78, 5) is 13.5. The second-order valence-electron chi connectivity index (χ2n) is 4.06. The summed E-state index contributed by atoms with van der Waals surface area (Å²) in [6.07, 6.45) is 2.35. The quantitative estimate of drug-likeness (QED) is 0.724. The van der Waals surface area contributed by atoms with E-state index < -0.39 is 0 Å². The molecule has 2 atom stereocenters. The van der Waals surface area contributed by atoms with Crippen molar-refractivity contribution in [2.24, 2.45) is 11.7 Å². The lowest BCUT2D eigenvalue weighted by molar-refractivity contribution is -0.132. The molecule has 1 heterocycles. The number of nitrogens with zero attached hydrogens (tertiary/aromatic N) is 1. The van der Waals surface area contributed by atoms with E-state index in [2.05, 4.69) is 6.92 Å². The van der Waals surface area contributed by atoms with Gasteiger partial charge < -0.3 is 10.6 Å². The van der Waals surface area contributed by atoms with Crippen molar-refractivity contribution < 1.29 is 4.79 Å². The second-order valence-corrected chi connectivity index (χ2v) is 4.44. The van der Waals surface area contributed by atoms with E-state index in [1.54, 1.807) is 0 Å². The molecule has 1 saturated heterocycles. The lowest BCUT2D eigenvalue weighted by Gasteiger charge is -2.35. The first-order chi connectivity index (χ1) is 6.65. The van der Waals surface area contributed by atoms with Gasteiger partial charge in [-0.1, -0.05) is 6.92 Å². The monoisotopic (exact) mass is 218 g/mol. The minimum absolute atomic E-state index is 0.142. The predicted molar refractivity (Wildman–Crippen MR) is 58.3 cm³/mol. The maximum atomic E-state index is 11.6. The first-order valence-electron chi connectivity index (χ1n) is 5.24. The number of rotatable bonds is 3. The predicted octanol–water partition coefficient (Wildman–Crippen LogP) is 1.20. The average Bonchev–Trinajstić information content (AvgIpc) is 2.18. The zero-order valence-corrected chi connectivity index (χ0v) is 9.46. The Bertz CT molecular complexity index is 199. The van der Waals surface area contributed by atoms with Gasteiger partial charge >= 0.3 is 0 Å². The Labute approximate surface area is 90.6 Å². The largest absolute Gasteiger partial charge is 0.341 e. The third-order valence-electron chi connectivity index (χ3n) is 2.89. The number of piperidine rings is 1. The van der Waals surface area contributed by atoms with E-state index in [1.807, 2.05) is 4.90 Å². The Hall–Kier alpha value is -0.280. The standard InChI is InChI=1S/C10H19ClN2O/c1-8-4-6-13(7-9(8)12)10(14)3-2-5-11/h8-9H,2-7,12H2,1H3. The fraction of sp³-hybridized carbons (Fsp3) is 0.900. The van der Waals surface area contributed by atoms with Crippen LogP contribution in [0.15, 0.2) is 0 Å². The smallest absolute Gasteiger partial charge is 0.222 e. The van der Waals surface area contributed by atoms with Crippen LogP contribution in [0.1, 0.15) is 26.2 Å². The second kappa shape index (κ2) is 5.56. The van der Waals surface area contributed by atoms with Crippen LogP contribution in [0.5, 0.6) is 0 Å². The molecule has 3 nitrogen and oxygen atoms in total. The van der Waals surface area contributed by atoms with E-state index >= 15 is 0 Å². The zero-order valence-electron chi connectivity index (χ0n) is 8.71. The summed E-state index contributed by atoms with van der Waals surface area (Å²) in [6, 6.07) is 0.142. The van der Waals surface area contributed by atoms with Crippen LogP contribution < -0.4 is 5.73 Å². The maximum absolute atomic E-state index is 11.6. The van der Waals surface area contributed by atoms with Crippen LogP contribution in [-0.2, 0) is 4.79 Å². The molecular formula is C10H19ClN2O. The summed E-state index contributed by atoms with van der Waals surface area (Å²) in [5, 5.41) is 0. The molecule has 0 spiro atoms. The highest BCUT2D eigenvalue weighted by Gasteiger charge is 2.25. The van der Waals surface area contributed by atoms with Crippen LogP contribution in [0.4, 0.5) is 0 Å². The molecule has 1 amide bonds. The number of carbonyl (C=O) groups is 1. The van der Waals surface area contributed by atoms with Gasteiger partial charge in [0.15, 0.2) is 0 Å². The van der Waals surface area contributed by atoms with E-state index in [0.717, 1.165) is 19.4 Å². The summed E-state index contributed by atoms with van der Waals surface area (Å²) >= 11 is 5.54.